The molecular formula is C19H27N3O3. The number of nitrogens with zero attached hydrogens (tertiary/aromatic N) is 3. The summed E-state index contributed by atoms with van der Waals surface area (Å²) in [5, 5.41) is 14.8. The molecule has 2 aromatic rings. The van der Waals surface area contributed by atoms with Crippen molar-refractivity contribution in [2.24, 2.45) is 0 Å². The Hall–Kier alpha value is -2.08. The standard InChI is InChI=1S/C19H27N3O3/c1-14(2)22-16(9-10-20-22)19(24)21-11-5-3-4-7-15(21)13-17(23)18-8-6-12-25-18/h6,8-10,12,14-15,17,23H,3-5,7,11,13H2,1-2H3/t15-,17-/m0/s1. The zero-order valence-corrected chi connectivity index (χ0v) is 15.0. The number of aliphatic hydroxyl groups is 1. The molecule has 0 aromatic carbocycles. The second-order valence-electron chi connectivity index (χ2n) is 7.02. The number of furan rings is 1. The van der Waals surface area contributed by atoms with Crippen molar-refractivity contribution in [2.75, 3.05) is 6.54 Å². The summed E-state index contributed by atoms with van der Waals surface area (Å²) in [5.74, 6) is 0.564. The second-order valence-corrected chi connectivity index (χ2v) is 7.02. The number of hydrogen-bond donors (Lipinski definition) is 1. The second kappa shape index (κ2) is 7.87. The number of carbonyl (C=O) groups excluding carboxylic acids is 1. The van der Waals surface area contributed by atoms with E-state index in [0.29, 0.717) is 17.9 Å². The SMILES string of the molecule is CC(C)n1nccc1C(=O)N1CCCCC[C@H]1C[C@H](O)c1ccco1. The first-order chi connectivity index (χ1) is 12.1. The van der Waals surface area contributed by atoms with Gasteiger partial charge in [-0.05, 0) is 44.9 Å². The van der Waals surface area contributed by atoms with Gasteiger partial charge < -0.3 is 14.4 Å². The predicted octanol–water partition coefficient (Wildman–Crippen LogP) is 3.57. The van der Waals surface area contributed by atoms with E-state index in [2.05, 4.69) is 5.10 Å². The lowest BCUT2D eigenvalue weighted by atomic mass is 10.0. The van der Waals surface area contributed by atoms with Crippen LogP contribution in [-0.4, -0.2) is 38.3 Å². The summed E-state index contributed by atoms with van der Waals surface area (Å²) in [6.45, 7) is 4.76. The van der Waals surface area contributed by atoms with Gasteiger partial charge in [0.25, 0.3) is 5.91 Å². The summed E-state index contributed by atoms with van der Waals surface area (Å²) < 4.78 is 7.09. The van der Waals surface area contributed by atoms with Crippen LogP contribution in [0.25, 0.3) is 0 Å². The van der Waals surface area contributed by atoms with Crippen LogP contribution in [0.4, 0.5) is 0 Å². The molecule has 6 nitrogen and oxygen atoms in total. The summed E-state index contributed by atoms with van der Waals surface area (Å²) in [4.78, 5) is 15.1. The van der Waals surface area contributed by atoms with Crippen LogP contribution in [0.5, 0.6) is 0 Å². The third-order valence-electron chi connectivity index (χ3n) is 4.88. The van der Waals surface area contributed by atoms with Gasteiger partial charge in [-0.2, -0.15) is 5.10 Å². The van der Waals surface area contributed by atoms with E-state index < -0.39 is 6.10 Å². The maximum Gasteiger partial charge on any atom is 0.272 e. The van der Waals surface area contributed by atoms with E-state index in [1.165, 1.54) is 0 Å². The Morgan fingerprint density at radius 3 is 2.92 bits per heavy atom. The Bertz CT molecular complexity index is 678. The van der Waals surface area contributed by atoms with Crippen LogP contribution in [0.1, 0.15) is 74.3 Å². The van der Waals surface area contributed by atoms with E-state index in [1.807, 2.05) is 18.7 Å². The molecule has 136 valence electrons. The van der Waals surface area contributed by atoms with Crippen molar-refractivity contribution in [2.45, 2.75) is 64.1 Å². The number of likely N-dealkylation sites (tertiary alicyclic amines) is 1. The summed E-state index contributed by atoms with van der Waals surface area (Å²) in [7, 11) is 0. The highest BCUT2D eigenvalue weighted by Gasteiger charge is 2.30. The summed E-state index contributed by atoms with van der Waals surface area (Å²) in [5.41, 5.74) is 0.620. The number of carbonyl (C=O) groups is 1. The minimum Gasteiger partial charge on any atom is -0.467 e. The molecule has 1 saturated heterocycles. The van der Waals surface area contributed by atoms with E-state index in [4.69, 9.17) is 4.42 Å². The molecule has 3 heterocycles. The monoisotopic (exact) mass is 345 g/mol. The normalized spacial score (nSPS) is 19.8. The van der Waals surface area contributed by atoms with Gasteiger partial charge in [0.1, 0.15) is 17.6 Å². The smallest absolute Gasteiger partial charge is 0.272 e. The number of aromatic nitrogens is 2. The molecule has 0 radical (unpaired) electrons. The Morgan fingerprint density at radius 2 is 2.20 bits per heavy atom. The molecule has 1 aliphatic rings. The van der Waals surface area contributed by atoms with Gasteiger partial charge in [-0.1, -0.05) is 12.8 Å². The van der Waals surface area contributed by atoms with Crippen LogP contribution < -0.4 is 0 Å². The molecule has 2 aromatic heterocycles. The fourth-order valence-corrected chi connectivity index (χ4v) is 3.59. The number of aliphatic hydroxyl groups excluding tert-OH is 1. The fourth-order valence-electron chi connectivity index (χ4n) is 3.59. The van der Waals surface area contributed by atoms with Crippen molar-refractivity contribution >= 4 is 5.91 Å². The third kappa shape index (κ3) is 3.95. The van der Waals surface area contributed by atoms with Crippen molar-refractivity contribution in [3.8, 4) is 0 Å². The first-order valence-corrected chi connectivity index (χ1v) is 9.14. The van der Waals surface area contributed by atoms with Crippen molar-refractivity contribution in [1.82, 2.24) is 14.7 Å². The van der Waals surface area contributed by atoms with Crippen LogP contribution in [0.2, 0.25) is 0 Å². The van der Waals surface area contributed by atoms with Crippen molar-refractivity contribution in [3.63, 3.8) is 0 Å². The molecule has 3 rings (SSSR count). The van der Waals surface area contributed by atoms with Crippen molar-refractivity contribution in [1.29, 1.82) is 0 Å². The molecule has 0 unspecified atom stereocenters. The minimum absolute atomic E-state index is 0.00439. The summed E-state index contributed by atoms with van der Waals surface area (Å²) in [6, 6.07) is 5.48. The topological polar surface area (TPSA) is 71.5 Å². The molecule has 25 heavy (non-hydrogen) atoms. The van der Waals surface area contributed by atoms with Gasteiger partial charge in [-0.25, -0.2) is 0 Å². The Labute approximate surface area is 148 Å². The van der Waals surface area contributed by atoms with Crippen LogP contribution in [-0.2, 0) is 0 Å². The summed E-state index contributed by atoms with van der Waals surface area (Å²) >= 11 is 0. The largest absolute Gasteiger partial charge is 0.467 e. The average Bonchev–Trinajstić information content (AvgIpc) is 3.24. The van der Waals surface area contributed by atoms with Gasteiger partial charge in [0.2, 0.25) is 0 Å². The lowest BCUT2D eigenvalue weighted by Crippen LogP contribution is -2.41. The van der Waals surface area contributed by atoms with E-state index in [0.717, 1.165) is 32.2 Å². The maximum atomic E-state index is 13.2. The molecular weight excluding hydrogens is 318 g/mol. The van der Waals surface area contributed by atoms with E-state index in [9.17, 15) is 9.90 Å². The molecule has 1 fully saturated rings. The molecule has 0 aliphatic carbocycles. The third-order valence-corrected chi connectivity index (χ3v) is 4.88. The Morgan fingerprint density at radius 1 is 1.36 bits per heavy atom. The lowest BCUT2D eigenvalue weighted by molar-refractivity contribution is 0.0544. The molecule has 0 saturated carbocycles. The van der Waals surface area contributed by atoms with Crippen molar-refractivity contribution < 1.29 is 14.3 Å². The molecule has 6 heteroatoms. The first kappa shape index (κ1) is 17.7. The van der Waals surface area contributed by atoms with Crippen molar-refractivity contribution in [3.05, 3.63) is 42.1 Å². The highest BCUT2D eigenvalue weighted by molar-refractivity contribution is 5.92. The maximum absolute atomic E-state index is 13.2. The Kier molecular flexibility index (Phi) is 5.58. The predicted molar refractivity (Wildman–Crippen MR) is 94.2 cm³/mol. The molecule has 0 spiro atoms. The molecule has 1 aliphatic heterocycles. The fraction of sp³-hybridized carbons (Fsp3) is 0.579. The zero-order chi connectivity index (χ0) is 17.8. The molecule has 0 bridgehead atoms. The quantitative estimate of drug-likeness (QED) is 0.899. The van der Waals surface area contributed by atoms with Gasteiger partial charge in [-0.15, -0.1) is 0 Å². The lowest BCUT2D eigenvalue weighted by Gasteiger charge is -2.31. The number of hydrogen-bond acceptors (Lipinski definition) is 4. The first-order valence-electron chi connectivity index (χ1n) is 9.14. The van der Waals surface area contributed by atoms with Crippen LogP contribution in [0, 0.1) is 0 Å². The van der Waals surface area contributed by atoms with Gasteiger partial charge in [-0.3, -0.25) is 9.48 Å². The van der Waals surface area contributed by atoms with E-state index in [-0.39, 0.29) is 18.0 Å². The van der Waals surface area contributed by atoms with Gasteiger partial charge in [0.15, 0.2) is 0 Å². The Balaban J connectivity index is 1.80. The minimum atomic E-state index is -0.691. The number of rotatable bonds is 5. The van der Waals surface area contributed by atoms with Gasteiger partial charge >= 0.3 is 0 Å². The number of amides is 1. The van der Waals surface area contributed by atoms with E-state index >= 15 is 0 Å². The molecule has 1 N–H and O–H groups in total. The zero-order valence-electron chi connectivity index (χ0n) is 15.0. The van der Waals surface area contributed by atoms with Crippen LogP contribution >= 0.6 is 0 Å². The van der Waals surface area contributed by atoms with E-state index in [1.54, 1.807) is 35.3 Å². The highest BCUT2D eigenvalue weighted by atomic mass is 16.4. The van der Waals surface area contributed by atoms with Gasteiger partial charge in [0.05, 0.1) is 6.26 Å². The van der Waals surface area contributed by atoms with Crippen LogP contribution in [0.15, 0.2) is 35.1 Å². The van der Waals surface area contributed by atoms with Crippen LogP contribution in [0.3, 0.4) is 0 Å². The average molecular weight is 345 g/mol. The molecule has 1 amide bonds. The van der Waals surface area contributed by atoms with Gasteiger partial charge in [0, 0.05) is 31.2 Å². The highest BCUT2D eigenvalue weighted by Crippen LogP contribution is 2.28. The molecule has 2 atom stereocenters. The summed E-state index contributed by atoms with van der Waals surface area (Å²) in [6.07, 6.45) is 7.13.